The second-order valence-corrected chi connectivity index (χ2v) is 5.58. The minimum absolute atomic E-state index is 0. The van der Waals surface area contributed by atoms with Crippen LogP contribution in [0, 0.1) is 5.92 Å². The van der Waals surface area contributed by atoms with Crippen LogP contribution in [-0.4, -0.2) is 40.4 Å². The molecule has 1 aromatic heterocycles. The lowest BCUT2D eigenvalue weighted by Gasteiger charge is -2.32. The Balaban J connectivity index is 0.00000132. The highest BCUT2D eigenvalue weighted by Gasteiger charge is 2.25. The molecule has 1 aliphatic rings. The summed E-state index contributed by atoms with van der Waals surface area (Å²) in [6.07, 6.45) is 4.76. The number of rotatable bonds is 3. The number of amides is 1. The Hall–Kier alpha value is -1.43. The van der Waals surface area contributed by atoms with E-state index in [0.717, 1.165) is 43.4 Å². The second kappa shape index (κ2) is 9.01. The summed E-state index contributed by atoms with van der Waals surface area (Å²) in [5.41, 5.74) is 7.64. The van der Waals surface area contributed by atoms with Gasteiger partial charge in [0.15, 0.2) is 0 Å². The maximum absolute atomic E-state index is 12.6. The first kappa shape index (κ1) is 19.6. The smallest absolute Gasteiger partial charge is 0.274 e. The van der Waals surface area contributed by atoms with E-state index in [1.54, 1.807) is 6.20 Å². The summed E-state index contributed by atoms with van der Waals surface area (Å²) in [6, 6.07) is 7.60. The van der Waals surface area contributed by atoms with Crippen molar-refractivity contribution in [3.8, 4) is 0 Å². The molecule has 5 nitrogen and oxygen atoms in total. The monoisotopic (exact) mass is 356 g/mol. The molecule has 1 aromatic carbocycles. The Bertz CT molecular complexity index is 651. The summed E-state index contributed by atoms with van der Waals surface area (Å²) < 4.78 is 0. The molecule has 1 atom stereocenters. The number of piperidine rings is 1. The summed E-state index contributed by atoms with van der Waals surface area (Å²) in [5.74, 6) is 0.496. The highest BCUT2D eigenvalue weighted by molar-refractivity contribution is 5.93. The number of halogens is 2. The molecule has 2 aromatic rings. The molecule has 2 N–H and O–H groups in total. The van der Waals surface area contributed by atoms with Gasteiger partial charge in [0, 0.05) is 13.1 Å². The van der Waals surface area contributed by atoms with Crippen molar-refractivity contribution in [2.24, 2.45) is 11.7 Å². The maximum atomic E-state index is 12.6. The first-order chi connectivity index (χ1) is 10.3. The number of nitrogens with zero attached hydrogens (tertiary/aromatic N) is 3. The molecular weight excluding hydrogens is 335 g/mol. The molecule has 7 heteroatoms. The molecule has 0 bridgehead atoms. The van der Waals surface area contributed by atoms with Crippen molar-refractivity contribution in [2.45, 2.75) is 19.3 Å². The van der Waals surface area contributed by atoms with E-state index >= 15 is 0 Å². The van der Waals surface area contributed by atoms with Gasteiger partial charge in [-0.3, -0.25) is 9.78 Å². The Morgan fingerprint density at radius 3 is 2.74 bits per heavy atom. The molecule has 2 heterocycles. The van der Waals surface area contributed by atoms with Gasteiger partial charge >= 0.3 is 0 Å². The molecule has 3 rings (SSSR count). The third-order valence-electron chi connectivity index (χ3n) is 4.05. The molecule has 1 saturated heterocycles. The maximum Gasteiger partial charge on any atom is 0.274 e. The van der Waals surface area contributed by atoms with Crippen LogP contribution in [0.15, 0.2) is 30.5 Å². The van der Waals surface area contributed by atoms with Crippen molar-refractivity contribution in [1.82, 2.24) is 14.9 Å². The van der Waals surface area contributed by atoms with Crippen LogP contribution in [0.2, 0.25) is 0 Å². The Morgan fingerprint density at radius 2 is 2.00 bits per heavy atom. The van der Waals surface area contributed by atoms with Gasteiger partial charge in [-0.1, -0.05) is 12.1 Å². The van der Waals surface area contributed by atoms with Crippen LogP contribution in [0.1, 0.15) is 29.8 Å². The molecule has 1 amide bonds. The molecule has 126 valence electrons. The summed E-state index contributed by atoms with van der Waals surface area (Å²) in [6.45, 7) is 2.27. The van der Waals surface area contributed by atoms with Gasteiger partial charge in [0.2, 0.25) is 0 Å². The second-order valence-electron chi connectivity index (χ2n) is 5.58. The first-order valence-corrected chi connectivity index (χ1v) is 7.49. The molecule has 23 heavy (non-hydrogen) atoms. The van der Waals surface area contributed by atoms with E-state index in [0.29, 0.717) is 18.2 Å². The van der Waals surface area contributed by atoms with E-state index in [4.69, 9.17) is 5.73 Å². The van der Waals surface area contributed by atoms with Crippen LogP contribution in [0.5, 0.6) is 0 Å². The zero-order valence-corrected chi connectivity index (χ0v) is 14.5. The van der Waals surface area contributed by atoms with Crippen molar-refractivity contribution >= 4 is 41.8 Å². The average Bonchev–Trinajstić information content (AvgIpc) is 2.54. The number of nitrogens with two attached hydrogens (primary N) is 1. The quantitative estimate of drug-likeness (QED) is 0.917. The van der Waals surface area contributed by atoms with Gasteiger partial charge in [0.25, 0.3) is 5.91 Å². The third-order valence-corrected chi connectivity index (χ3v) is 4.05. The summed E-state index contributed by atoms with van der Waals surface area (Å²) in [7, 11) is 0. The molecule has 0 spiro atoms. The fourth-order valence-electron chi connectivity index (χ4n) is 2.94. The van der Waals surface area contributed by atoms with E-state index in [-0.39, 0.29) is 30.7 Å². The van der Waals surface area contributed by atoms with Crippen LogP contribution >= 0.6 is 24.8 Å². The summed E-state index contributed by atoms with van der Waals surface area (Å²) >= 11 is 0. The van der Waals surface area contributed by atoms with Crippen molar-refractivity contribution in [1.29, 1.82) is 0 Å². The number of hydrogen-bond donors (Lipinski definition) is 1. The van der Waals surface area contributed by atoms with Gasteiger partial charge in [0.1, 0.15) is 5.69 Å². The molecule has 1 fully saturated rings. The van der Waals surface area contributed by atoms with Crippen LogP contribution in [0.25, 0.3) is 11.0 Å². The van der Waals surface area contributed by atoms with E-state index in [2.05, 4.69) is 9.97 Å². The number of aromatic nitrogens is 2. The van der Waals surface area contributed by atoms with Crippen LogP contribution in [0.4, 0.5) is 0 Å². The number of fused-ring (bicyclic) bond motifs is 1. The largest absolute Gasteiger partial charge is 0.337 e. The topological polar surface area (TPSA) is 72.1 Å². The minimum atomic E-state index is -0.0185. The third kappa shape index (κ3) is 4.53. The van der Waals surface area contributed by atoms with E-state index in [1.807, 2.05) is 29.2 Å². The lowest BCUT2D eigenvalue weighted by molar-refractivity contribution is 0.0663. The summed E-state index contributed by atoms with van der Waals surface area (Å²) in [4.78, 5) is 23.2. The van der Waals surface area contributed by atoms with Crippen molar-refractivity contribution in [3.63, 3.8) is 0 Å². The molecule has 1 unspecified atom stereocenters. The molecule has 0 radical (unpaired) electrons. The number of likely N-dealkylation sites (tertiary alicyclic amines) is 1. The van der Waals surface area contributed by atoms with E-state index < -0.39 is 0 Å². The van der Waals surface area contributed by atoms with Crippen molar-refractivity contribution in [3.05, 3.63) is 36.2 Å². The Kier molecular flexibility index (Phi) is 7.68. The highest BCUT2D eigenvalue weighted by atomic mass is 35.5. The number of para-hydroxylation sites is 2. The standard InChI is InChI=1S/C16H20N4O.2ClH/c17-8-7-12-4-3-9-20(11-12)16(21)15-10-18-13-5-1-2-6-14(13)19-15;;/h1-2,5-6,10,12H,3-4,7-9,11,17H2;2*1H. The lowest BCUT2D eigenvalue weighted by Crippen LogP contribution is -2.40. The lowest BCUT2D eigenvalue weighted by atomic mass is 9.95. The zero-order valence-electron chi connectivity index (χ0n) is 12.9. The van der Waals surface area contributed by atoms with Gasteiger partial charge in [-0.15, -0.1) is 24.8 Å². The van der Waals surface area contributed by atoms with Crippen LogP contribution < -0.4 is 5.73 Å². The average molecular weight is 357 g/mol. The van der Waals surface area contributed by atoms with Crippen molar-refractivity contribution in [2.75, 3.05) is 19.6 Å². The minimum Gasteiger partial charge on any atom is -0.337 e. The molecule has 0 aliphatic carbocycles. The van der Waals surface area contributed by atoms with Gasteiger partial charge < -0.3 is 10.6 Å². The zero-order chi connectivity index (χ0) is 14.7. The predicted octanol–water partition coefficient (Wildman–Crippen LogP) is 2.67. The molecular formula is C16H22Cl2N4O. The van der Waals surface area contributed by atoms with E-state index in [1.165, 1.54) is 0 Å². The summed E-state index contributed by atoms with van der Waals surface area (Å²) in [5, 5.41) is 0. The van der Waals surface area contributed by atoms with Gasteiger partial charge in [0.05, 0.1) is 17.2 Å². The van der Waals surface area contributed by atoms with Crippen LogP contribution in [0.3, 0.4) is 0 Å². The number of carbonyl (C=O) groups excluding carboxylic acids is 1. The number of hydrogen-bond acceptors (Lipinski definition) is 4. The van der Waals surface area contributed by atoms with Crippen LogP contribution in [-0.2, 0) is 0 Å². The fourth-order valence-corrected chi connectivity index (χ4v) is 2.94. The van der Waals surface area contributed by atoms with Gasteiger partial charge in [-0.05, 0) is 43.9 Å². The molecule has 1 aliphatic heterocycles. The Morgan fingerprint density at radius 1 is 1.26 bits per heavy atom. The number of carbonyl (C=O) groups is 1. The van der Waals surface area contributed by atoms with Gasteiger partial charge in [-0.25, -0.2) is 4.98 Å². The fraction of sp³-hybridized carbons (Fsp3) is 0.438. The number of benzene rings is 1. The SMILES string of the molecule is Cl.Cl.NCCC1CCCN(C(=O)c2cnc3ccccc3n2)C1. The van der Waals surface area contributed by atoms with Crippen molar-refractivity contribution < 1.29 is 4.79 Å². The molecule has 0 saturated carbocycles. The highest BCUT2D eigenvalue weighted by Crippen LogP contribution is 2.20. The first-order valence-electron chi connectivity index (χ1n) is 7.49. The Labute approximate surface area is 148 Å². The van der Waals surface area contributed by atoms with E-state index in [9.17, 15) is 4.79 Å². The predicted molar refractivity (Wildman–Crippen MR) is 96.3 cm³/mol. The van der Waals surface area contributed by atoms with Gasteiger partial charge in [-0.2, -0.15) is 0 Å². The normalized spacial score (nSPS) is 17.3.